The molecule has 0 spiro atoms. The van der Waals surface area contributed by atoms with Gasteiger partial charge in [-0.1, -0.05) is 29.8 Å². The number of halogens is 1. The highest BCUT2D eigenvalue weighted by atomic mass is 35.5. The molecule has 0 amide bonds. The number of carbonyl (C=O) groups is 1. The zero-order valence-electron chi connectivity index (χ0n) is 9.16. The maximum atomic E-state index is 11.8. The van der Waals surface area contributed by atoms with Crippen LogP contribution in [0.5, 0.6) is 0 Å². The molecule has 0 radical (unpaired) electrons. The molecule has 0 unspecified atom stereocenters. The van der Waals surface area contributed by atoms with Crippen LogP contribution in [0.3, 0.4) is 0 Å². The van der Waals surface area contributed by atoms with Gasteiger partial charge in [0, 0.05) is 10.6 Å². The van der Waals surface area contributed by atoms with E-state index in [1.807, 2.05) is 43.3 Å². The minimum Gasteiger partial charge on any atom is -0.289 e. The smallest absolute Gasteiger partial charge is 0.184 e. The van der Waals surface area contributed by atoms with E-state index < -0.39 is 0 Å². The predicted molar refractivity (Wildman–Crippen MR) is 67.4 cm³/mol. The number of ketones is 1. The number of allylic oxidation sites excluding steroid dienone is 3. The summed E-state index contributed by atoms with van der Waals surface area (Å²) >= 11 is 5.81. The Morgan fingerprint density at radius 3 is 2.31 bits per heavy atom. The fraction of sp³-hybridized carbons (Fsp3) is 0.214. The molecule has 1 aliphatic rings. The van der Waals surface area contributed by atoms with Gasteiger partial charge in [-0.05, 0) is 49.1 Å². The van der Waals surface area contributed by atoms with Gasteiger partial charge < -0.3 is 0 Å². The molecule has 16 heavy (non-hydrogen) atoms. The van der Waals surface area contributed by atoms with E-state index >= 15 is 0 Å². The molecule has 0 bridgehead atoms. The summed E-state index contributed by atoms with van der Waals surface area (Å²) in [7, 11) is 0. The van der Waals surface area contributed by atoms with Gasteiger partial charge in [0.05, 0.1) is 0 Å². The van der Waals surface area contributed by atoms with Crippen LogP contribution >= 0.6 is 11.6 Å². The summed E-state index contributed by atoms with van der Waals surface area (Å²) in [5, 5.41) is 0.717. The summed E-state index contributed by atoms with van der Waals surface area (Å²) in [6.45, 7) is 1.92. The second kappa shape index (κ2) is 4.67. The number of rotatable bonds is 1. The van der Waals surface area contributed by atoms with Gasteiger partial charge in [0.2, 0.25) is 0 Å². The summed E-state index contributed by atoms with van der Waals surface area (Å²) in [6, 6.07) is 7.53. The second-order valence-electron chi connectivity index (χ2n) is 3.86. The van der Waals surface area contributed by atoms with Gasteiger partial charge in [-0.25, -0.2) is 0 Å². The lowest BCUT2D eigenvalue weighted by Gasteiger charge is -1.97. The molecular formula is C14H13ClO. The van der Waals surface area contributed by atoms with Gasteiger partial charge >= 0.3 is 0 Å². The van der Waals surface area contributed by atoms with Crippen molar-refractivity contribution in [3.05, 3.63) is 52.1 Å². The van der Waals surface area contributed by atoms with Crippen molar-refractivity contribution >= 4 is 23.5 Å². The van der Waals surface area contributed by atoms with E-state index in [4.69, 9.17) is 11.6 Å². The Morgan fingerprint density at radius 2 is 1.75 bits per heavy atom. The Kier molecular flexibility index (Phi) is 3.25. The normalized spacial score (nSPS) is 21.0. The highest BCUT2D eigenvalue weighted by Gasteiger charge is 2.21. The van der Waals surface area contributed by atoms with Crippen LogP contribution in [0.2, 0.25) is 5.02 Å². The molecule has 1 aliphatic carbocycles. The average molecular weight is 233 g/mol. The molecule has 0 atom stereocenters. The van der Waals surface area contributed by atoms with Crippen molar-refractivity contribution in [3.63, 3.8) is 0 Å². The topological polar surface area (TPSA) is 17.1 Å². The monoisotopic (exact) mass is 232 g/mol. The van der Waals surface area contributed by atoms with Crippen molar-refractivity contribution in [3.8, 4) is 0 Å². The molecule has 1 saturated carbocycles. The van der Waals surface area contributed by atoms with Crippen molar-refractivity contribution < 1.29 is 4.79 Å². The molecule has 0 aliphatic heterocycles. The Hall–Kier alpha value is -1.34. The highest BCUT2D eigenvalue weighted by molar-refractivity contribution is 6.30. The van der Waals surface area contributed by atoms with Crippen LogP contribution < -0.4 is 0 Å². The fourth-order valence-electron chi connectivity index (χ4n) is 1.88. The number of Topliss-reactive ketones (excluding diaryl/α,β-unsaturated/α-hetero) is 1. The quantitative estimate of drug-likeness (QED) is 0.668. The van der Waals surface area contributed by atoms with Crippen molar-refractivity contribution in [1.82, 2.24) is 0 Å². The third kappa shape index (κ3) is 2.25. The molecule has 82 valence electrons. The van der Waals surface area contributed by atoms with Gasteiger partial charge in [-0.3, -0.25) is 4.79 Å². The van der Waals surface area contributed by atoms with E-state index in [-0.39, 0.29) is 5.78 Å². The SMILES string of the molecule is C/C=C1\CC/C(=C/c2ccc(Cl)cc2)C1=O. The van der Waals surface area contributed by atoms with E-state index in [1.165, 1.54) is 0 Å². The Morgan fingerprint density at radius 1 is 1.12 bits per heavy atom. The summed E-state index contributed by atoms with van der Waals surface area (Å²) in [5.41, 5.74) is 2.86. The Bertz CT molecular complexity index is 466. The lowest BCUT2D eigenvalue weighted by Crippen LogP contribution is -1.94. The highest BCUT2D eigenvalue weighted by Crippen LogP contribution is 2.27. The minimum atomic E-state index is 0.192. The average Bonchev–Trinajstić information content (AvgIpc) is 2.63. The summed E-state index contributed by atoms with van der Waals surface area (Å²) in [4.78, 5) is 11.8. The van der Waals surface area contributed by atoms with E-state index in [0.717, 1.165) is 29.6 Å². The van der Waals surface area contributed by atoms with E-state index in [1.54, 1.807) is 0 Å². The van der Waals surface area contributed by atoms with Crippen LogP contribution in [0, 0.1) is 0 Å². The molecule has 1 aromatic rings. The second-order valence-corrected chi connectivity index (χ2v) is 4.30. The molecular weight excluding hydrogens is 220 g/mol. The largest absolute Gasteiger partial charge is 0.289 e. The van der Waals surface area contributed by atoms with E-state index in [0.29, 0.717) is 5.02 Å². The van der Waals surface area contributed by atoms with Crippen LogP contribution in [0.1, 0.15) is 25.3 Å². The zero-order chi connectivity index (χ0) is 11.5. The molecule has 2 rings (SSSR count). The molecule has 0 aromatic heterocycles. The maximum absolute atomic E-state index is 11.8. The van der Waals surface area contributed by atoms with E-state index in [9.17, 15) is 4.79 Å². The number of hydrogen-bond donors (Lipinski definition) is 0. The van der Waals surface area contributed by atoms with Crippen molar-refractivity contribution in [2.45, 2.75) is 19.8 Å². The molecule has 0 saturated heterocycles. The summed E-state index contributed by atoms with van der Waals surface area (Å²) in [5.74, 6) is 0.192. The number of hydrogen-bond acceptors (Lipinski definition) is 1. The van der Waals surface area contributed by atoms with Crippen LogP contribution in [0.4, 0.5) is 0 Å². The zero-order valence-corrected chi connectivity index (χ0v) is 9.92. The lowest BCUT2D eigenvalue weighted by atomic mass is 10.1. The van der Waals surface area contributed by atoms with Crippen LogP contribution in [-0.4, -0.2) is 5.78 Å². The van der Waals surface area contributed by atoms with Crippen LogP contribution in [-0.2, 0) is 4.79 Å². The summed E-state index contributed by atoms with van der Waals surface area (Å²) < 4.78 is 0. The lowest BCUT2D eigenvalue weighted by molar-refractivity contribution is -0.111. The number of carbonyl (C=O) groups excluding carboxylic acids is 1. The van der Waals surface area contributed by atoms with Gasteiger partial charge in [0.1, 0.15) is 0 Å². The third-order valence-electron chi connectivity index (χ3n) is 2.81. The Labute approximate surface area is 100 Å². The minimum absolute atomic E-state index is 0.192. The van der Waals surface area contributed by atoms with Crippen molar-refractivity contribution in [2.75, 3.05) is 0 Å². The van der Waals surface area contributed by atoms with Crippen molar-refractivity contribution in [1.29, 1.82) is 0 Å². The van der Waals surface area contributed by atoms with Gasteiger partial charge in [0.15, 0.2) is 5.78 Å². The fourth-order valence-corrected chi connectivity index (χ4v) is 2.00. The summed E-state index contributed by atoms with van der Waals surface area (Å²) in [6.07, 6.45) is 5.58. The first-order valence-electron chi connectivity index (χ1n) is 5.36. The van der Waals surface area contributed by atoms with Gasteiger partial charge in [0.25, 0.3) is 0 Å². The van der Waals surface area contributed by atoms with E-state index in [2.05, 4.69) is 0 Å². The molecule has 1 nitrogen and oxygen atoms in total. The number of benzene rings is 1. The van der Waals surface area contributed by atoms with Gasteiger partial charge in [-0.15, -0.1) is 0 Å². The molecule has 2 heteroatoms. The van der Waals surface area contributed by atoms with Gasteiger partial charge in [-0.2, -0.15) is 0 Å². The van der Waals surface area contributed by atoms with Crippen LogP contribution in [0.25, 0.3) is 6.08 Å². The molecule has 1 fully saturated rings. The Balaban J connectivity index is 2.26. The first kappa shape index (κ1) is 11.2. The molecule has 1 aromatic carbocycles. The molecule has 0 heterocycles. The first-order valence-corrected chi connectivity index (χ1v) is 5.74. The standard InChI is InChI=1S/C14H13ClO/c1-2-11-5-6-12(14(11)16)9-10-3-7-13(15)8-4-10/h2-4,7-9H,5-6H2,1H3/b11-2+,12-9-. The van der Waals surface area contributed by atoms with Crippen molar-refractivity contribution in [2.24, 2.45) is 0 Å². The molecule has 0 N–H and O–H groups in total. The first-order chi connectivity index (χ1) is 7.70. The maximum Gasteiger partial charge on any atom is 0.184 e. The van der Waals surface area contributed by atoms with Crippen LogP contribution in [0.15, 0.2) is 41.5 Å². The third-order valence-corrected chi connectivity index (χ3v) is 3.06. The predicted octanol–water partition coefficient (Wildman–Crippen LogP) is 4.03.